The number of fused-ring (bicyclic) bond motifs is 12. The standard InChI is InChI=1S/C24H31NO3/c1-22-6-3-12(25-27)9-17(22)13-10-14(13)20-16(22)4-7-23(2)21(20)15-11-18(15)24(23)8-5-19(26)28-24/h9,13-16,18,20-21,27H,3-8,10-11H2,1-2H3/b25-12+/t13-,14+,15-,16+,18+,20-,21+,22-,23+,24+/m1/s1. The van der Waals surface area contributed by atoms with Crippen molar-refractivity contribution in [2.75, 3.05) is 0 Å². The van der Waals surface area contributed by atoms with Crippen LogP contribution in [0.3, 0.4) is 0 Å². The first-order valence-corrected chi connectivity index (χ1v) is 11.6. The normalized spacial score (nSPS) is 61.6. The van der Waals surface area contributed by atoms with Gasteiger partial charge in [-0.05, 0) is 91.9 Å². The Bertz CT molecular complexity index is 862. The molecule has 7 aliphatic rings. The zero-order valence-electron chi connectivity index (χ0n) is 17.0. The maximum atomic E-state index is 12.2. The van der Waals surface area contributed by atoms with Crippen molar-refractivity contribution in [1.82, 2.24) is 0 Å². The summed E-state index contributed by atoms with van der Waals surface area (Å²) in [5.41, 5.74) is 2.84. The molecule has 0 aromatic heterocycles. The molecule has 5 saturated carbocycles. The average Bonchev–Trinajstić information content (AvgIpc) is 3.58. The lowest BCUT2D eigenvalue weighted by Gasteiger charge is -2.60. The van der Waals surface area contributed by atoms with Crippen LogP contribution in [0.25, 0.3) is 0 Å². The third-order valence-corrected chi connectivity index (χ3v) is 11.0. The Kier molecular flexibility index (Phi) is 2.77. The summed E-state index contributed by atoms with van der Waals surface area (Å²) in [5.74, 6) is 5.37. The Morgan fingerprint density at radius 3 is 2.71 bits per heavy atom. The van der Waals surface area contributed by atoms with Crippen LogP contribution < -0.4 is 0 Å². The summed E-state index contributed by atoms with van der Waals surface area (Å²) in [6.07, 6.45) is 11.1. The predicted molar refractivity (Wildman–Crippen MR) is 104 cm³/mol. The molecule has 150 valence electrons. The topological polar surface area (TPSA) is 58.9 Å². The molecule has 0 aromatic carbocycles. The third kappa shape index (κ3) is 1.61. The number of hydrogen-bond donors (Lipinski definition) is 1. The second-order valence-electron chi connectivity index (χ2n) is 11.6. The first-order valence-electron chi connectivity index (χ1n) is 11.6. The van der Waals surface area contributed by atoms with Crippen LogP contribution in [0.4, 0.5) is 0 Å². The number of esters is 1. The highest BCUT2D eigenvalue weighted by molar-refractivity contribution is 5.96. The number of allylic oxidation sites excluding steroid dienone is 2. The number of nitrogens with zero attached hydrogens (tertiary/aromatic N) is 1. The minimum Gasteiger partial charge on any atom is -0.458 e. The molecular formula is C24H31NO3. The van der Waals surface area contributed by atoms with Crippen molar-refractivity contribution in [3.05, 3.63) is 11.6 Å². The fourth-order valence-corrected chi connectivity index (χ4v) is 9.83. The average molecular weight is 382 g/mol. The van der Waals surface area contributed by atoms with Gasteiger partial charge in [0.05, 0.1) is 5.71 Å². The van der Waals surface area contributed by atoms with Crippen LogP contribution in [0, 0.1) is 52.3 Å². The monoisotopic (exact) mass is 381 g/mol. The molecule has 1 aliphatic heterocycles. The maximum absolute atomic E-state index is 12.2. The van der Waals surface area contributed by atoms with E-state index in [1.807, 2.05) is 0 Å². The van der Waals surface area contributed by atoms with E-state index >= 15 is 0 Å². The molecule has 0 amide bonds. The van der Waals surface area contributed by atoms with Crippen molar-refractivity contribution >= 4 is 11.7 Å². The largest absolute Gasteiger partial charge is 0.458 e. The smallest absolute Gasteiger partial charge is 0.306 e. The number of ether oxygens (including phenoxy) is 1. The fourth-order valence-electron chi connectivity index (χ4n) is 9.83. The molecule has 1 heterocycles. The number of oxime groups is 1. The fraction of sp³-hybridized carbons (Fsp3) is 0.833. The minimum atomic E-state index is -0.130. The summed E-state index contributed by atoms with van der Waals surface area (Å²) in [7, 11) is 0. The van der Waals surface area contributed by atoms with E-state index in [4.69, 9.17) is 4.74 Å². The van der Waals surface area contributed by atoms with Gasteiger partial charge in [-0.15, -0.1) is 0 Å². The second-order valence-corrected chi connectivity index (χ2v) is 11.6. The van der Waals surface area contributed by atoms with Crippen LogP contribution in [-0.2, 0) is 9.53 Å². The molecule has 0 unspecified atom stereocenters. The van der Waals surface area contributed by atoms with Gasteiger partial charge in [-0.25, -0.2) is 0 Å². The summed E-state index contributed by atoms with van der Waals surface area (Å²) in [6, 6.07) is 0. The van der Waals surface area contributed by atoms with Gasteiger partial charge in [-0.1, -0.05) is 24.6 Å². The van der Waals surface area contributed by atoms with Gasteiger partial charge in [0.1, 0.15) is 5.60 Å². The molecule has 6 fully saturated rings. The highest BCUT2D eigenvalue weighted by atomic mass is 16.6. The number of hydrogen-bond acceptors (Lipinski definition) is 4. The summed E-state index contributed by atoms with van der Waals surface area (Å²) in [4.78, 5) is 12.2. The molecule has 4 nitrogen and oxygen atoms in total. The van der Waals surface area contributed by atoms with Crippen LogP contribution in [-0.4, -0.2) is 22.5 Å². The number of carbonyl (C=O) groups excluding carboxylic acids is 1. The Balaban J connectivity index is 1.32. The van der Waals surface area contributed by atoms with E-state index in [0.717, 1.165) is 54.6 Å². The minimum absolute atomic E-state index is 0.0582. The van der Waals surface area contributed by atoms with E-state index < -0.39 is 0 Å². The lowest BCUT2D eigenvalue weighted by molar-refractivity contribution is -0.177. The van der Waals surface area contributed by atoms with Gasteiger partial charge >= 0.3 is 5.97 Å². The first kappa shape index (κ1) is 16.5. The molecule has 4 heteroatoms. The molecule has 0 bridgehead atoms. The number of carbonyl (C=O) groups is 1. The van der Waals surface area contributed by atoms with Crippen molar-refractivity contribution in [3.8, 4) is 0 Å². The van der Waals surface area contributed by atoms with Crippen LogP contribution in [0.2, 0.25) is 0 Å². The summed E-state index contributed by atoms with van der Waals surface area (Å²) >= 11 is 0. The van der Waals surface area contributed by atoms with E-state index in [0.29, 0.717) is 18.3 Å². The van der Waals surface area contributed by atoms with E-state index in [-0.39, 0.29) is 22.4 Å². The van der Waals surface area contributed by atoms with Crippen molar-refractivity contribution < 1.29 is 14.7 Å². The van der Waals surface area contributed by atoms with Crippen LogP contribution in [0.15, 0.2) is 16.8 Å². The molecule has 0 aromatic rings. The van der Waals surface area contributed by atoms with Gasteiger partial charge in [0.2, 0.25) is 0 Å². The highest BCUT2D eigenvalue weighted by Gasteiger charge is 2.81. The Morgan fingerprint density at radius 1 is 1.11 bits per heavy atom. The highest BCUT2D eigenvalue weighted by Crippen LogP contribution is 2.82. The van der Waals surface area contributed by atoms with Gasteiger partial charge < -0.3 is 9.94 Å². The third-order valence-electron chi connectivity index (χ3n) is 11.0. The van der Waals surface area contributed by atoms with Gasteiger partial charge in [0.15, 0.2) is 0 Å². The molecule has 0 radical (unpaired) electrons. The lowest BCUT2D eigenvalue weighted by Crippen LogP contribution is -2.57. The zero-order valence-corrected chi connectivity index (χ0v) is 17.0. The maximum Gasteiger partial charge on any atom is 0.306 e. The van der Waals surface area contributed by atoms with Crippen LogP contribution in [0.5, 0.6) is 0 Å². The van der Waals surface area contributed by atoms with Crippen molar-refractivity contribution in [1.29, 1.82) is 0 Å². The summed E-state index contributed by atoms with van der Waals surface area (Å²) in [6.45, 7) is 5.02. The van der Waals surface area contributed by atoms with Crippen molar-refractivity contribution in [2.24, 2.45) is 57.4 Å². The van der Waals surface area contributed by atoms with Gasteiger partial charge in [-0.2, -0.15) is 0 Å². The van der Waals surface area contributed by atoms with E-state index in [1.165, 1.54) is 25.7 Å². The molecule has 1 saturated heterocycles. The zero-order chi connectivity index (χ0) is 19.1. The molecule has 1 N–H and O–H groups in total. The van der Waals surface area contributed by atoms with E-state index in [2.05, 4.69) is 25.1 Å². The molecule has 1 spiro atoms. The predicted octanol–water partition coefficient (Wildman–Crippen LogP) is 4.57. The Hall–Kier alpha value is -1.32. The van der Waals surface area contributed by atoms with Crippen LogP contribution in [0.1, 0.15) is 65.2 Å². The quantitative estimate of drug-likeness (QED) is 0.380. The molecular weight excluding hydrogens is 350 g/mol. The SMILES string of the molecule is C[C@]12CC/C(=N\O)C=C1[C@@H]1C[C@@H]1[C@H]1[C@@H]3[C@@H]4C[C@@H]4[C@@]4(CCC(=O)O4)[C@@]3(C)CC[C@@H]12. The first-order chi connectivity index (χ1) is 13.4. The second kappa shape index (κ2) is 4.70. The Morgan fingerprint density at radius 2 is 1.96 bits per heavy atom. The Labute approximate surface area is 166 Å². The van der Waals surface area contributed by atoms with Crippen LogP contribution >= 0.6 is 0 Å². The van der Waals surface area contributed by atoms with E-state index in [9.17, 15) is 10.0 Å². The van der Waals surface area contributed by atoms with Gasteiger partial charge in [0, 0.05) is 17.8 Å². The number of rotatable bonds is 0. The molecule has 6 aliphatic carbocycles. The summed E-state index contributed by atoms with van der Waals surface area (Å²) < 4.78 is 6.23. The molecule has 7 rings (SSSR count). The lowest BCUT2D eigenvalue weighted by atomic mass is 9.45. The van der Waals surface area contributed by atoms with Gasteiger partial charge in [0.25, 0.3) is 0 Å². The van der Waals surface area contributed by atoms with Crippen molar-refractivity contribution in [3.63, 3.8) is 0 Å². The summed E-state index contributed by atoms with van der Waals surface area (Å²) in [5, 5.41) is 12.9. The van der Waals surface area contributed by atoms with Crippen molar-refractivity contribution in [2.45, 2.75) is 70.8 Å². The molecule has 28 heavy (non-hydrogen) atoms. The van der Waals surface area contributed by atoms with E-state index in [1.54, 1.807) is 5.57 Å². The molecule has 10 atom stereocenters. The van der Waals surface area contributed by atoms with Gasteiger partial charge in [-0.3, -0.25) is 4.79 Å².